The van der Waals surface area contributed by atoms with Crippen molar-refractivity contribution in [1.29, 1.82) is 0 Å². The number of nitrogens with zero attached hydrogens (tertiary/aromatic N) is 3. The maximum atomic E-state index is 13.3. The summed E-state index contributed by atoms with van der Waals surface area (Å²) in [4.78, 5) is 20.4. The van der Waals surface area contributed by atoms with Gasteiger partial charge in [-0.25, -0.2) is 9.71 Å². The third-order valence-corrected chi connectivity index (χ3v) is 8.45. The molecule has 0 spiro atoms. The Kier molecular flexibility index (Phi) is 6.48. The summed E-state index contributed by atoms with van der Waals surface area (Å²) >= 11 is 0. The maximum Gasteiger partial charge on any atom is 0.304 e. The van der Waals surface area contributed by atoms with Gasteiger partial charge in [0.25, 0.3) is 5.91 Å². The van der Waals surface area contributed by atoms with Gasteiger partial charge in [0.15, 0.2) is 0 Å². The van der Waals surface area contributed by atoms with E-state index in [0.717, 1.165) is 29.8 Å². The second kappa shape index (κ2) is 8.94. The molecule has 2 aliphatic rings. The average molecular weight is 486 g/mol. The predicted octanol–water partition coefficient (Wildman–Crippen LogP) is 3.00. The van der Waals surface area contributed by atoms with Crippen molar-refractivity contribution < 1.29 is 13.2 Å². The van der Waals surface area contributed by atoms with E-state index in [4.69, 9.17) is 10.7 Å². The number of pyridine rings is 1. The number of amides is 1. The van der Waals surface area contributed by atoms with Crippen LogP contribution in [0.25, 0.3) is 11.3 Å². The van der Waals surface area contributed by atoms with Gasteiger partial charge in [0.05, 0.1) is 11.3 Å². The zero-order valence-corrected chi connectivity index (χ0v) is 21.4. The van der Waals surface area contributed by atoms with E-state index < -0.39 is 16.1 Å². The fourth-order valence-electron chi connectivity index (χ4n) is 5.06. The normalized spacial score (nSPS) is 22.8. The number of aromatic nitrogens is 1. The highest BCUT2D eigenvalue weighted by Gasteiger charge is 2.39. The molecule has 1 aromatic carbocycles. The molecule has 0 saturated carbocycles. The Morgan fingerprint density at radius 1 is 1.15 bits per heavy atom. The molecule has 9 heteroatoms. The van der Waals surface area contributed by atoms with Crippen LogP contribution in [0.4, 0.5) is 5.82 Å². The van der Waals surface area contributed by atoms with E-state index in [1.807, 2.05) is 6.07 Å². The number of nitrogens with one attached hydrogen (secondary N) is 1. The summed E-state index contributed by atoms with van der Waals surface area (Å²) in [7, 11) is -3.99. The van der Waals surface area contributed by atoms with Gasteiger partial charge in [0.1, 0.15) is 5.82 Å². The van der Waals surface area contributed by atoms with Crippen LogP contribution in [0.5, 0.6) is 0 Å². The minimum Gasteiger partial charge on any atom is -0.351 e. The summed E-state index contributed by atoms with van der Waals surface area (Å²) in [6.07, 6.45) is 1.53. The Labute approximate surface area is 202 Å². The third kappa shape index (κ3) is 4.82. The fraction of sp³-hybridized carbons (Fsp3) is 0.520. The van der Waals surface area contributed by atoms with Gasteiger partial charge in [-0.05, 0) is 75.8 Å². The number of hydrogen-bond acceptors (Lipinski definition) is 6. The van der Waals surface area contributed by atoms with Gasteiger partial charge in [-0.15, -0.1) is 0 Å². The molecule has 2 aliphatic heterocycles. The Hall–Kier alpha value is -2.49. The Balaban J connectivity index is 1.74. The number of carbonyl (C=O) groups excluding carboxylic acids is 1. The van der Waals surface area contributed by atoms with Crippen molar-refractivity contribution in [3.05, 3.63) is 47.0 Å². The van der Waals surface area contributed by atoms with Gasteiger partial charge in [0.2, 0.25) is 0 Å². The molecule has 4 rings (SSSR count). The highest BCUT2D eigenvalue weighted by molar-refractivity contribution is 7.87. The smallest absolute Gasteiger partial charge is 0.304 e. The second-order valence-corrected chi connectivity index (χ2v) is 12.1. The van der Waals surface area contributed by atoms with E-state index in [1.54, 1.807) is 12.1 Å². The molecule has 1 amide bonds. The summed E-state index contributed by atoms with van der Waals surface area (Å²) in [5.74, 6) is 0.258. The van der Waals surface area contributed by atoms with E-state index in [2.05, 4.69) is 56.4 Å². The van der Waals surface area contributed by atoms with E-state index in [9.17, 15) is 13.2 Å². The van der Waals surface area contributed by atoms with Gasteiger partial charge in [0, 0.05) is 36.8 Å². The lowest BCUT2D eigenvalue weighted by atomic mass is 9.97. The minimum atomic E-state index is -3.99. The number of anilines is 1. The topological polar surface area (TPSA) is 109 Å². The number of carbonyl (C=O) groups is 1. The zero-order valence-electron chi connectivity index (χ0n) is 20.6. The van der Waals surface area contributed by atoms with Crippen LogP contribution >= 0.6 is 0 Å². The summed E-state index contributed by atoms with van der Waals surface area (Å²) in [6, 6.07) is 9.42. The Bertz CT molecular complexity index is 1210. The first-order chi connectivity index (χ1) is 15.9. The lowest BCUT2D eigenvalue weighted by molar-refractivity contribution is 0.0979. The van der Waals surface area contributed by atoms with Gasteiger partial charge >= 0.3 is 10.2 Å². The molecule has 2 aromatic rings. The molecule has 2 fully saturated rings. The van der Waals surface area contributed by atoms with Crippen LogP contribution in [0.1, 0.15) is 55.1 Å². The molecule has 0 bridgehead atoms. The maximum absolute atomic E-state index is 13.3. The number of benzene rings is 1. The molecular formula is C25H35N5O3S. The zero-order chi connectivity index (χ0) is 24.8. The van der Waals surface area contributed by atoms with Crippen molar-refractivity contribution in [3.63, 3.8) is 0 Å². The summed E-state index contributed by atoms with van der Waals surface area (Å²) in [5.41, 5.74) is 9.97. The van der Waals surface area contributed by atoms with E-state index >= 15 is 0 Å². The van der Waals surface area contributed by atoms with Crippen molar-refractivity contribution >= 4 is 21.9 Å². The van der Waals surface area contributed by atoms with Crippen LogP contribution in [0.15, 0.2) is 30.3 Å². The molecule has 3 heterocycles. The molecule has 0 radical (unpaired) electrons. The van der Waals surface area contributed by atoms with Crippen LogP contribution in [0.3, 0.4) is 0 Å². The highest BCUT2D eigenvalue weighted by Crippen LogP contribution is 2.38. The second-order valence-electron chi connectivity index (χ2n) is 10.4. The van der Waals surface area contributed by atoms with Crippen molar-refractivity contribution in [2.75, 3.05) is 24.5 Å². The number of rotatable bonds is 5. The predicted molar refractivity (Wildman–Crippen MR) is 135 cm³/mol. The van der Waals surface area contributed by atoms with Crippen molar-refractivity contribution in [2.24, 2.45) is 11.7 Å². The molecular weight excluding hydrogens is 450 g/mol. The van der Waals surface area contributed by atoms with Crippen LogP contribution in [0.2, 0.25) is 0 Å². The van der Waals surface area contributed by atoms with E-state index in [0.29, 0.717) is 24.7 Å². The summed E-state index contributed by atoms with van der Waals surface area (Å²) in [6.45, 7) is 11.8. The molecule has 184 valence electrons. The SMILES string of the molecule is Cc1ccc(-c2ccc(C(=O)NS(=O)(=O)N3CC[C@H](N)C3)c(N3C[C@@H](C)CC3(C)C)n2)cc1C. The molecule has 2 saturated heterocycles. The first-order valence-electron chi connectivity index (χ1n) is 11.8. The lowest BCUT2D eigenvalue weighted by Crippen LogP contribution is -2.44. The molecule has 2 atom stereocenters. The van der Waals surface area contributed by atoms with Crippen LogP contribution in [-0.2, 0) is 10.2 Å². The largest absolute Gasteiger partial charge is 0.351 e. The van der Waals surface area contributed by atoms with Crippen molar-refractivity contribution in [2.45, 2.75) is 59.0 Å². The molecule has 0 aliphatic carbocycles. The first kappa shape index (κ1) is 24.6. The minimum absolute atomic E-state index is 0.204. The first-order valence-corrected chi connectivity index (χ1v) is 13.3. The highest BCUT2D eigenvalue weighted by atomic mass is 32.2. The van der Waals surface area contributed by atoms with Crippen LogP contribution < -0.4 is 15.4 Å². The Morgan fingerprint density at radius 3 is 2.47 bits per heavy atom. The monoisotopic (exact) mass is 485 g/mol. The Morgan fingerprint density at radius 2 is 1.88 bits per heavy atom. The van der Waals surface area contributed by atoms with Crippen LogP contribution in [-0.4, -0.2) is 54.8 Å². The van der Waals surface area contributed by atoms with Gasteiger partial charge in [-0.1, -0.05) is 19.1 Å². The summed E-state index contributed by atoms with van der Waals surface area (Å²) < 4.78 is 29.2. The van der Waals surface area contributed by atoms with Crippen molar-refractivity contribution in [1.82, 2.24) is 14.0 Å². The van der Waals surface area contributed by atoms with Gasteiger partial charge in [-0.3, -0.25) is 4.79 Å². The summed E-state index contributed by atoms with van der Waals surface area (Å²) in [5, 5.41) is 0. The fourth-order valence-corrected chi connectivity index (χ4v) is 6.27. The number of hydrogen-bond donors (Lipinski definition) is 2. The molecule has 1 aromatic heterocycles. The molecule has 8 nitrogen and oxygen atoms in total. The average Bonchev–Trinajstić information content (AvgIpc) is 3.31. The quantitative estimate of drug-likeness (QED) is 0.674. The van der Waals surface area contributed by atoms with Crippen molar-refractivity contribution in [3.8, 4) is 11.3 Å². The van der Waals surface area contributed by atoms with E-state index in [1.165, 1.54) is 9.87 Å². The number of nitrogens with two attached hydrogens (primary N) is 1. The van der Waals surface area contributed by atoms with Gasteiger partial charge in [-0.2, -0.15) is 12.7 Å². The lowest BCUT2D eigenvalue weighted by Gasteiger charge is -2.34. The molecule has 0 unspecified atom stereocenters. The molecule has 34 heavy (non-hydrogen) atoms. The molecule has 3 N–H and O–H groups in total. The van der Waals surface area contributed by atoms with Gasteiger partial charge < -0.3 is 10.6 Å². The van der Waals surface area contributed by atoms with E-state index in [-0.39, 0.29) is 23.7 Å². The van der Waals surface area contributed by atoms with Crippen LogP contribution in [0, 0.1) is 19.8 Å². The third-order valence-electron chi connectivity index (χ3n) is 7.00. The standard InChI is InChI=1S/C25H35N5O3S/c1-16-13-25(4,5)30(14-16)23-21(24(31)28-34(32,33)29-11-10-20(26)15-29)8-9-22(27-23)19-7-6-17(2)18(3)12-19/h6-9,12,16,20H,10-11,13-15,26H2,1-5H3,(H,28,31)/t16-,20-/m0/s1. The number of aryl methyl sites for hydroxylation is 2.